The summed E-state index contributed by atoms with van der Waals surface area (Å²) in [5, 5.41) is 20.8. The molecule has 0 aliphatic rings. The van der Waals surface area contributed by atoms with Gasteiger partial charge in [0, 0.05) is 10.5 Å². The van der Waals surface area contributed by atoms with Gasteiger partial charge in [-0.05, 0) is 23.8 Å². The fourth-order valence-electron chi connectivity index (χ4n) is 2.17. The molecule has 0 saturated heterocycles. The zero-order chi connectivity index (χ0) is 14.5. The first-order valence-corrected chi connectivity index (χ1v) is 6.15. The molecule has 0 spiro atoms. The first-order chi connectivity index (χ1) is 9.61. The molecule has 5 nitrogen and oxygen atoms in total. The summed E-state index contributed by atoms with van der Waals surface area (Å²) in [4.78, 5) is 10.5. The average molecular weight is 273 g/mol. The lowest BCUT2D eigenvalue weighted by Crippen LogP contribution is -2.14. The molecule has 1 N–H and O–H groups in total. The van der Waals surface area contributed by atoms with Crippen molar-refractivity contribution in [1.82, 2.24) is 0 Å². The van der Waals surface area contributed by atoms with E-state index in [1.807, 2.05) is 0 Å². The minimum atomic E-state index is -0.513. The van der Waals surface area contributed by atoms with E-state index < -0.39 is 5.92 Å². The summed E-state index contributed by atoms with van der Waals surface area (Å²) in [7, 11) is 1.54. The maximum Gasteiger partial charge on any atom is 0.214 e. The summed E-state index contributed by atoms with van der Waals surface area (Å²) in [6.45, 7) is -0.287. The normalized spacial score (nSPS) is 11.8. The molecular formula is C15H15NO4. The van der Waals surface area contributed by atoms with Gasteiger partial charge in [0.05, 0.1) is 13.0 Å². The van der Waals surface area contributed by atoms with Gasteiger partial charge >= 0.3 is 0 Å². The number of methoxy groups -OCH3 is 1. The Bertz CT molecular complexity index is 612. The van der Waals surface area contributed by atoms with Crippen molar-refractivity contribution in [1.29, 1.82) is 0 Å². The summed E-state index contributed by atoms with van der Waals surface area (Å²) < 4.78 is 5.14. The highest BCUT2D eigenvalue weighted by molar-refractivity contribution is 5.43. The Morgan fingerprint density at radius 1 is 1.25 bits per heavy atom. The minimum absolute atomic E-state index is 0.0576. The third-order valence-electron chi connectivity index (χ3n) is 3.14. The number of nitro groups is 1. The Hall–Kier alpha value is -2.56. The number of benzene rings is 2. The van der Waals surface area contributed by atoms with Crippen molar-refractivity contribution in [3.8, 4) is 11.5 Å². The van der Waals surface area contributed by atoms with E-state index in [0.717, 1.165) is 5.56 Å². The van der Waals surface area contributed by atoms with Gasteiger partial charge in [-0.25, -0.2) is 0 Å². The second-order valence-corrected chi connectivity index (χ2v) is 4.40. The van der Waals surface area contributed by atoms with Gasteiger partial charge in [0.25, 0.3) is 0 Å². The van der Waals surface area contributed by atoms with Crippen LogP contribution in [0.3, 0.4) is 0 Å². The number of aromatic hydroxyl groups is 1. The van der Waals surface area contributed by atoms with Crippen molar-refractivity contribution in [3.05, 3.63) is 69.8 Å². The second-order valence-electron chi connectivity index (χ2n) is 4.40. The number of para-hydroxylation sites is 1. The molecule has 0 aromatic heterocycles. The van der Waals surface area contributed by atoms with Crippen LogP contribution in [0.2, 0.25) is 0 Å². The molecule has 104 valence electrons. The monoisotopic (exact) mass is 273 g/mol. The van der Waals surface area contributed by atoms with Crippen LogP contribution in [0.4, 0.5) is 0 Å². The Labute approximate surface area is 116 Å². The van der Waals surface area contributed by atoms with Gasteiger partial charge < -0.3 is 9.84 Å². The first kappa shape index (κ1) is 13.9. The molecule has 0 saturated carbocycles. The number of ether oxygens (including phenoxy) is 1. The molecular weight excluding hydrogens is 258 g/mol. The van der Waals surface area contributed by atoms with Crippen LogP contribution in [-0.4, -0.2) is 23.7 Å². The Kier molecular flexibility index (Phi) is 4.20. The molecule has 0 aliphatic heterocycles. The average Bonchev–Trinajstić information content (AvgIpc) is 2.45. The quantitative estimate of drug-likeness (QED) is 0.671. The molecule has 0 radical (unpaired) electrons. The number of hydrogen-bond donors (Lipinski definition) is 1. The number of rotatable bonds is 5. The van der Waals surface area contributed by atoms with Crippen molar-refractivity contribution in [2.75, 3.05) is 13.7 Å². The third kappa shape index (κ3) is 3.06. The summed E-state index contributed by atoms with van der Waals surface area (Å²) in [5.41, 5.74) is 1.28. The minimum Gasteiger partial charge on any atom is -0.508 e. The van der Waals surface area contributed by atoms with E-state index >= 15 is 0 Å². The fraction of sp³-hybridized carbons (Fsp3) is 0.200. The predicted octanol–water partition coefficient (Wildman–Crippen LogP) is 2.81. The number of nitrogens with zero attached hydrogens (tertiary/aromatic N) is 1. The Balaban J connectivity index is 2.47. The van der Waals surface area contributed by atoms with E-state index in [9.17, 15) is 15.2 Å². The molecule has 2 aromatic rings. The molecule has 0 unspecified atom stereocenters. The van der Waals surface area contributed by atoms with Gasteiger partial charge in [-0.2, -0.15) is 0 Å². The highest BCUT2D eigenvalue weighted by Gasteiger charge is 2.23. The molecule has 0 fully saturated rings. The van der Waals surface area contributed by atoms with E-state index in [0.29, 0.717) is 11.3 Å². The molecule has 2 aromatic carbocycles. The zero-order valence-electron chi connectivity index (χ0n) is 11.0. The molecule has 0 heterocycles. The standard InChI is InChI=1S/C15H15NO4/c1-20-12-6-4-5-11(9-12)14(10-16(18)19)13-7-2-3-8-15(13)17/h2-9,14,17H,10H2,1H3/t14-/m0/s1. The summed E-state index contributed by atoms with van der Waals surface area (Å²) in [5.74, 6) is 0.176. The van der Waals surface area contributed by atoms with E-state index in [4.69, 9.17) is 4.74 Å². The number of hydrogen-bond acceptors (Lipinski definition) is 4. The molecule has 0 amide bonds. The van der Waals surface area contributed by atoms with Gasteiger partial charge in [0.2, 0.25) is 6.54 Å². The van der Waals surface area contributed by atoms with E-state index in [1.165, 1.54) is 6.07 Å². The maximum absolute atomic E-state index is 10.9. The van der Waals surface area contributed by atoms with Crippen molar-refractivity contribution >= 4 is 0 Å². The summed E-state index contributed by atoms with van der Waals surface area (Å²) in [6.07, 6.45) is 0. The van der Waals surface area contributed by atoms with Gasteiger partial charge in [-0.15, -0.1) is 0 Å². The smallest absolute Gasteiger partial charge is 0.214 e. The van der Waals surface area contributed by atoms with Crippen LogP contribution in [0.25, 0.3) is 0 Å². The van der Waals surface area contributed by atoms with Gasteiger partial charge in [0.1, 0.15) is 11.5 Å². The van der Waals surface area contributed by atoms with Crippen LogP contribution in [0.15, 0.2) is 48.5 Å². The van der Waals surface area contributed by atoms with Crippen LogP contribution in [0.1, 0.15) is 17.0 Å². The van der Waals surface area contributed by atoms with Crippen LogP contribution >= 0.6 is 0 Å². The van der Waals surface area contributed by atoms with E-state index in [-0.39, 0.29) is 17.2 Å². The molecule has 0 bridgehead atoms. The van der Waals surface area contributed by atoms with Crippen molar-refractivity contribution in [2.24, 2.45) is 0 Å². The van der Waals surface area contributed by atoms with E-state index in [1.54, 1.807) is 49.6 Å². The number of phenolic OH excluding ortho intramolecular Hbond substituents is 1. The van der Waals surface area contributed by atoms with Crippen LogP contribution in [0, 0.1) is 10.1 Å². The van der Waals surface area contributed by atoms with Crippen molar-refractivity contribution in [3.63, 3.8) is 0 Å². The second kappa shape index (κ2) is 6.06. The summed E-state index contributed by atoms with van der Waals surface area (Å²) >= 11 is 0. The van der Waals surface area contributed by atoms with E-state index in [2.05, 4.69) is 0 Å². The largest absolute Gasteiger partial charge is 0.508 e. The number of phenols is 1. The van der Waals surface area contributed by atoms with Crippen LogP contribution in [-0.2, 0) is 0 Å². The van der Waals surface area contributed by atoms with Gasteiger partial charge in [-0.3, -0.25) is 10.1 Å². The Morgan fingerprint density at radius 3 is 2.65 bits per heavy atom. The van der Waals surface area contributed by atoms with Crippen molar-refractivity contribution in [2.45, 2.75) is 5.92 Å². The van der Waals surface area contributed by atoms with Crippen molar-refractivity contribution < 1.29 is 14.8 Å². The summed E-state index contributed by atoms with van der Waals surface area (Å²) in [6, 6.07) is 13.8. The van der Waals surface area contributed by atoms with Crippen LogP contribution < -0.4 is 4.74 Å². The fourth-order valence-corrected chi connectivity index (χ4v) is 2.17. The van der Waals surface area contributed by atoms with Gasteiger partial charge in [-0.1, -0.05) is 30.3 Å². The Morgan fingerprint density at radius 2 is 2.00 bits per heavy atom. The third-order valence-corrected chi connectivity index (χ3v) is 3.14. The SMILES string of the molecule is COc1cccc([C@H](C[N+](=O)[O-])c2ccccc2O)c1. The predicted molar refractivity (Wildman–Crippen MR) is 74.8 cm³/mol. The lowest BCUT2D eigenvalue weighted by Gasteiger charge is -2.16. The highest BCUT2D eigenvalue weighted by atomic mass is 16.6. The first-order valence-electron chi connectivity index (χ1n) is 6.15. The van der Waals surface area contributed by atoms with Gasteiger partial charge in [0.15, 0.2) is 0 Å². The maximum atomic E-state index is 10.9. The van der Waals surface area contributed by atoms with Crippen LogP contribution in [0.5, 0.6) is 11.5 Å². The topological polar surface area (TPSA) is 72.6 Å². The molecule has 0 aliphatic carbocycles. The molecule has 20 heavy (non-hydrogen) atoms. The lowest BCUT2D eigenvalue weighted by atomic mass is 9.90. The lowest BCUT2D eigenvalue weighted by molar-refractivity contribution is -0.481. The molecule has 2 rings (SSSR count). The molecule has 1 atom stereocenters. The zero-order valence-corrected chi connectivity index (χ0v) is 11.0. The highest BCUT2D eigenvalue weighted by Crippen LogP contribution is 2.32. The molecule has 5 heteroatoms.